The fourth-order valence-electron chi connectivity index (χ4n) is 5.20. The van der Waals surface area contributed by atoms with Gasteiger partial charge in [-0.1, -0.05) is 55.1 Å². The van der Waals surface area contributed by atoms with Crippen molar-refractivity contribution in [3.63, 3.8) is 0 Å². The second-order valence-electron chi connectivity index (χ2n) is 10.1. The monoisotopic (exact) mass is 578 g/mol. The second-order valence-corrected chi connectivity index (χ2v) is 10.1. The number of fused-ring (bicyclic) bond motifs is 1. The second kappa shape index (κ2) is 14.4. The molecule has 0 radical (unpaired) electrons. The Morgan fingerprint density at radius 2 is 1.79 bits per heavy atom. The molecule has 2 aliphatic heterocycles. The quantitative estimate of drug-likeness (QED) is 0.310. The summed E-state index contributed by atoms with van der Waals surface area (Å²) >= 11 is 0. The van der Waals surface area contributed by atoms with E-state index in [1.54, 1.807) is 24.1 Å². The Kier molecular flexibility index (Phi) is 10.4. The molecule has 224 valence electrons. The fourth-order valence-corrected chi connectivity index (χ4v) is 5.20. The Bertz CT molecular complexity index is 1260. The summed E-state index contributed by atoms with van der Waals surface area (Å²) in [5, 5.41) is 8.72. The number of carbonyl (C=O) groups is 4. The van der Waals surface area contributed by atoms with E-state index in [9.17, 15) is 19.2 Å². The van der Waals surface area contributed by atoms with Crippen LogP contribution in [-0.4, -0.2) is 96.4 Å². The average molecular weight is 579 g/mol. The normalized spacial score (nSPS) is 18.8. The largest absolute Gasteiger partial charge is 0.497 e. The predicted octanol–water partition coefficient (Wildman–Crippen LogP) is 2.33. The minimum Gasteiger partial charge on any atom is -0.497 e. The number of ether oxygens (including phenoxy) is 2. The van der Waals surface area contributed by atoms with Gasteiger partial charge in [0.2, 0.25) is 11.8 Å². The summed E-state index contributed by atoms with van der Waals surface area (Å²) in [5.74, 6) is 0.252. The lowest BCUT2D eigenvalue weighted by Gasteiger charge is -2.54. The molecule has 2 heterocycles. The molecule has 0 unspecified atom stereocenters. The Balaban J connectivity index is 1.54. The summed E-state index contributed by atoms with van der Waals surface area (Å²) in [5.41, 5.74) is 1.83. The van der Waals surface area contributed by atoms with E-state index in [4.69, 9.17) is 9.47 Å². The number of amides is 5. The fraction of sp³-hybridized carbons (Fsp3) is 0.400. The minimum absolute atomic E-state index is 0.0519. The zero-order valence-corrected chi connectivity index (χ0v) is 24.0. The number of nitrogens with one attached hydrogen (secondary N) is 2. The predicted molar refractivity (Wildman–Crippen MR) is 155 cm³/mol. The van der Waals surface area contributed by atoms with Gasteiger partial charge in [0.05, 0.1) is 20.2 Å². The zero-order chi connectivity index (χ0) is 30.1. The van der Waals surface area contributed by atoms with Crippen molar-refractivity contribution >= 4 is 23.9 Å². The van der Waals surface area contributed by atoms with Gasteiger partial charge >= 0.3 is 12.1 Å². The Morgan fingerprint density at radius 3 is 2.48 bits per heavy atom. The lowest BCUT2D eigenvalue weighted by atomic mass is 10.0. The van der Waals surface area contributed by atoms with Gasteiger partial charge in [-0.05, 0) is 36.1 Å². The van der Waals surface area contributed by atoms with Gasteiger partial charge < -0.3 is 29.9 Å². The molecule has 2 fully saturated rings. The van der Waals surface area contributed by atoms with E-state index in [0.29, 0.717) is 31.7 Å². The number of urea groups is 1. The molecule has 0 spiro atoms. The molecule has 2 aromatic rings. The molecular weight excluding hydrogens is 540 g/mol. The third-order valence-corrected chi connectivity index (χ3v) is 7.22. The summed E-state index contributed by atoms with van der Waals surface area (Å²) in [6, 6.07) is 15.8. The smallest absolute Gasteiger partial charge is 0.407 e. The Morgan fingerprint density at radius 1 is 1.05 bits per heavy atom. The molecule has 2 atom stereocenters. The summed E-state index contributed by atoms with van der Waals surface area (Å²) in [6.07, 6.45) is 0.894. The van der Waals surface area contributed by atoms with E-state index in [0.717, 1.165) is 11.1 Å². The van der Waals surface area contributed by atoms with Gasteiger partial charge in [-0.3, -0.25) is 9.59 Å². The number of carbonyl (C=O) groups excluding carboxylic acids is 4. The number of likely N-dealkylation sites (N-methyl/N-ethyl adjacent to an activating group) is 1. The van der Waals surface area contributed by atoms with Crippen LogP contribution in [-0.2, 0) is 27.4 Å². The molecule has 0 aliphatic carbocycles. The summed E-state index contributed by atoms with van der Waals surface area (Å²) in [6.45, 7) is 4.56. The molecule has 2 aliphatic rings. The van der Waals surface area contributed by atoms with E-state index in [2.05, 4.69) is 17.2 Å². The van der Waals surface area contributed by atoms with Crippen molar-refractivity contribution in [1.82, 2.24) is 30.5 Å². The summed E-state index contributed by atoms with van der Waals surface area (Å²) in [7, 11) is 3.28. The highest BCUT2D eigenvalue weighted by Gasteiger charge is 2.50. The first-order valence-corrected chi connectivity index (χ1v) is 13.9. The third kappa shape index (κ3) is 7.38. The molecule has 5 amide bonds. The van der Waals surface area contributed by atoms with Crippen LogP contribution in [0.2, 0.25) is 0 Å². The van der Waals surface area contributed by atoms with Crippen LogP contribution in [0.4, 0.5) is 9.59 Å². The molecule has 2 saturated heterocycles. The number of rotatable bonds is 11. The molecule has 12 nitrogen and oxygen atoms in total. The molecule has 12 heteroatoms. The maximum absolute atomic E-state index is 13.8. The highest BCUT2D eigenvalue weighted by atomic mass is 16.5. The van der Waals surface area contributed by atoms with Crippen LogP contribution in [0.15, 0.2) is 67.3 Å². The number of methoxy groups -OCH3 is 1. The lowest BCUT2D eigenvalue weighted by Crippen LogP contribution is -2.75. The van der Waals surface area contributed by atoms with Gasteiger partial charge in [0, 0.05) is 26.7 Å². The first-order chi connectivity index (χ1) is 20.3. The van der Waals surface area contributed by atoms with Crippen LogP contribution in [0.1, 0.15) is 24.0 Å². The van der Waals surface area contributed by atoms with Crippen molar-refractivity contribution in [3.05, 3.63) is 78.4 Å². The van der Waals surface area contributed by atoms with E-state index in [-0.39, 0.29) is 44.1 Å². The van der Waals surface area contributed by atoms with Gasteiger partial charge in [-0.25, -0.2) is 19.6 Å². The van der Waals surface area contributed by atoms with Crippen molar-refractivity contribution in [2.75, 3.05) is 40.4 Å². The van der Waals surface area contributed by atoms with E-state index in [1.165, 1.54) is 16.0 Å². The van der Waals surface area contributed by atoms with Crippen molar-refractivity contribution in [2.24, 2.45) is 0 Å². The number of hydrogen-bond acceptors (Lipinski definition) is 7. The van der Waals surface area contributed by atoms with Crippen LogP contribution in [0.5, 0.6) is 5.75 Å². The first kappa shape index (κ1) is 30.4. The molecule has 2 N–H and O–H groups in total. The summed E-state index contributed by atoms with van der Waals surface area (Å²) in [4.78, 5) is 55.8. The van der Waals surface area contributed by atoms with Gasteiger partial charge in [0.15, 0.2) is 0 Å². The highest BCUT2D eigenvalue weighted by Crippen LogP contribution is 2.29. The third-order valence-electron chi connectivity index (χ3n) is 7.22. The van der Waals surface area contributed by atoms with Gasteiger partial charge in [-0.15, -0.1) is 0 Å². The molecule has 42 heavy (non-hydrogen) atoms. The number of piperazine rings is 1. The topological polar surface area (TPSA) is 124 Å². The number of hydrazine groups is 1. The Hall–Kier alpha value is -4.58. The van der Waals surface area contributed by atoms with Crippen LogP contribution < -0.4 is 15.4 Å². The van der Waals surface area contributed by atoms with Crippen molar-refractivity contribution < 1.29 is 28.7 Å². The molecule has 0 aromatic heterocycles. The standard InChI is InChI=1S/C30H38N6O6/c1-4-17-42-30(40)31-16-8-11-25-28(38)34(19-23-12-14-24(41-3)15-13-23)20-26-35(25)27(37)21-33(2)36(26)29(39)32-18-22-9-6-5-7-10-22/h4-7,9-10,12-15,25-26H,1,8,11,16-21H2,2-3H3,(H,31,40)(H,32,39)/t25-,26-/m0/s1. The van der Waals surface area contributed by atoms with Crippen LogP contribution in [0.25, 0.3) is 0 Å². The zero-order valence-electron chi connectivity index (χ0n) is 24.0. The van der Waals surface area contributed by atoms with Gasteiger partial charge in [-0.2, -0.15) is 0 Å². The lowest BCUT2D eigenvalue weighted by molar-refractivity contribution is -0.188. The molecule has 0 saturated carbocycles. The first-order valence-electron chi connectivity index (χ1n) is 13.9. The molecule has 4 rings (SSSR count). The van der Waals surface area contributed by atoms with Crippen molar-refractivity contribution in [1.29, 1.82) is 0 Å². The van der Waals surface area contributed by atoms with Crippen LogP contribution >= 0.6 is 0 Å². The number of alkyl carbamates (subject to hydrolysis) is 1. The SMILES string of the molecule is C=CCOC(=O)NCCC[C@H]1C(=O)N(Cc2ccc(OC)cc2)C[C@H]2N1C(=O)CN(C)N2C(=O)NCc1ccccc1. The number of nitrogens with zero attached hydrogens (tertiary/aromatic N) is 4. The van der Waals surface area contributed by atoms with Crippen LogP contribution in [0.3, 0.4) is 0 Å². The minimum atomic E-state index is -0.807. The van der Waals surface area contributed by atoms with E-state index in [1.807, 2.05) is 54.6 Å². The highest BCUT2D eigenvalue weighted by molar-refractivity contribution is 5.91. The average Bonchev–Trinajstić information content (AvgIpc) is 2.99. The van der Waals surface area contributed by atoms with Crippen molar-refractivity contribution in [2.45, 2.75) is 38.1 Å². The molecule has 0 bridgehead atoms. The van der Waals surface area contributed by atoms with E-state index >= 15 is 0 Å². The summed E-state index contributed by atoms with van der Waals surface area (Å²) < 4.78 is 10.2. The maximum atomic E-state index is 13.8. The van der Waals surface area contributed by atoms with Crippen molar-refractivity contribution in [3.8, 4) is 5.75 Å². The number of benzene rings is 2. The molecule has 2 aromatic carbocycles. The van der Waals surface area contributed by atoms with Crippen LogP contribution in [0, 0.1) is 0 Å². The molecular formula is C30H38N6O6. The number of hydrogen-bond donors (Lipinski definition) is 2. The van der Waals surface area contributed by atoms with E-state index < -0.39 is 18.3 Å². The van der Waals surface area contributed by atoms with Gasteiger partial charge in [0.25, 0.3) is 0 Å². The Labute approximate surface area is 245 Å². The maximum Gasteiger partial charge on any atom is 0.407 e. The van der Waals surface area contributed by atoms with Gasteiger partial charge in [0.1, 0.15) is 24.6 Å².